The quantitative estimate of drug-likeness (QED) is 0.444. The average molecular weight is 426 g/mol. The van der Waals surface area contributed by atoms with Crippen LogP contribution in [0.15, 0.2) is 24.3 Å². The van der Waals surface area contributed by atoms with Crippen molar-refractivity contribution >= 4 is 23.7 Å². The number of nitrogens with one attached hydrogen (secondary N) is 1. The number of rotatable bonds is 5. The summed E-state index contributed by atoms with van der Waals surface area (Å²) >= 11 is 0. The lowest BCUT2D eigenvalue weighted by Gasteiger charge is -2.36. The predicted molar refractivity (Wildman–Crippen MR) is 97.3 cm³/mol. The first-order valence-corrected chi connectivity index (χ1v) is 9.55. The number of Topliss-reactive ketones (excluding diaryl/α,β-unsaturated/α-hetero) is 1. The van der Waals surface area contributed by atoms with E-state index < -0.39 is 54.1 Å². The molecule has 2 unspecified atom stereocenters. The molecule has 0 bridgehead atoms. The molecule has 0 radical (unpaired) electrons. The first-order chi connectivity index (χ1) is 14.0. The smallest absolute Gasteiger partial charge is 0.416 e. The van der Waals surface area contributed by atoms with Gasteiger partial charge in [-0.2, -0.15) is 13.2 Å². The minimum absolute atomic E-state index is 0.0776. The molecular formula is C20H21F3N2O5. The molecule has 1 aromatic carbocycles. The highest BCUT2D eigenvalue weighted by Gasteiger charge is 2.55. The van der Waals surface area contributed by atoms with Gasteiger partial charge in [0.15, 0.2) is 12.4 Å². The summed E-state index contributed by atoms with van der Waals surface area (Å²) in [5, 5.41) is 2.69. The van der Waals surface area contributed by atoms with Gasteiger partial charge in [0.25, 0.3) is 5.91 Å². The van der Waals surface area contributed by atoms with Gasteiger partial charge >= 0.3 is 18.2 Å². The van der Waals surface area contributed by atoms with Crippen LogP contribution in [0.5, 0.6) is 0 Å². The number of hydrogen-bond donors (Lipinski definition) is 1. The standard InChI is InChI=1S/C20H21F3N2O5/c1-12-5-2-3-8-19(12)17(28)25(18(29)24-19)10-16(27)30-11-15(26)13-6-4-7-14(9-13)20(21,22)23/h4,6-7,9,12H,2-3,5,8,10-11H2,1H3,(H,24,29). The van der Waals surface area contributed by atoms with Crippen molar-refractivity contribution in [3.05, 3.63) is 35.4 Å². The summed E-state index contributed by atoms with van der Waals surface area (Å²) in [7, 11) is 0. The number of urea groups is 1. The zero-order valence-corrected chi connectivity index (χ0v) is 16.3. The van der Waals surface area contributed by atoms with Gasteiger partial charge in [-0.15, -0.1) is 0 Å². The van der Waals surface area contributed by atoms with Crippen LogP contribution in [-0.2, 0) is 20.5 Å². The molecule has 0 aromatic heterocycles. The Morgan fingerprint density at radius 1 is 1.27 bits per heavy atom. The number of imide groups is 1. The van der Waals surface area contributed by atoms with Crippen LogP contribution >= 0.6 is 0 Å². The van der Waals surface area contributed by atoms with Crippen molar-refractivity contribution < 1.29 is 37.1 Å². The summed E-state index contributed by atoms with van der Waals surface area (Å²) in [6, 6.07) is 3.05. The molecule has 7 nitrogen and oxygen atoms in total. The van der Waals surface area contributed by atoms with E-state index in [1.54, 1.807) is 0 Å². The van der Waals surface area contributed by atoms with Crippen LogP contribution in [0.2, 0.25) is 0 Å². The number of amides is 3. The Morgan fingerprint density at radius 3 is 2.67 bits per heavy atom. The molecule has 1 aliphatic heterocycles. The largest absolute Gasteiger partial charge is 0.456 e. The maximum Gasteiger partial charge on any atom is 0.416 e. The van der Waals surface area contributed by atoms with Crippen LogP contribution in [0.1, 0.15) is 48.5 Å². The zero-order chi connectivity index (χ0) is 22.1. The fraction of sp³-hybridized carbons (Fsp3) is 0.500. The van der Waals surface area contributed by atoms with Crippen LogP contribution in [0, 0.1) is 5.92 Å². The van der Waals surface area contributed by atoms with Crippen molar-refractivity contribution in [2.45, 2.75) is 44.3 Å². The molecule has 1 heterocycles. The molecule has 10 heteroatoms. The van der Waals surface area contributed by atoms with Crippen LogP contribution in [0.3, 0.4) is 0 Å². The number of carbonyl (C=O) groups excluding carboxylic acids is 4. The Kier molecular flexibility index (Phi) is 5.87. The molecule has 1 spiro atoms. The number of hydrogen-bond acceptors (Lipinski definition) is 5. The molecule has 3 amide bonds. The van der Waals surface area contributed by atoms with Gasteiger partial charge in [0.2, 0.25) is 0 Å². The Morgan fingerprint density at radius 2 is 2.00 bits per heavy atom. The fourth-order valence-corrected chi connectivity index (χ4v) is 3.91. The first-order valence-electron chi connectivity index (χ1n) is 9.55. The Balaban J connectivity index is 1.59. The number of halogens is 3. The summed E-state index contributed by atoms with van der Waals surface area (Å²) in [6.07, 6.45) is -1.62. The van der Waals surface area contributed by atoms with Gasteiger partial charge in [0.05, 0.1) is 5.56 Å². The van der Waals surface area contributed by atoms with E-state index in [4.69, 9.17) is 4.74 Å². The molecule has 1 aliphatic carbocycles. The lowest BCUT2D eigenvalue weighted by atomic mass is 9.73. The molecule has 1 N–H and O–H groups in total. The summed E-state index contributed by atoms with van der Waals surface area (Å²) in [5.74, 6) is -2.41. The van der Waals surface area contributed by atoms with Crippen molar-refractivity contribution in [2.75, 3.05) is 13.2 Å². The van der Waals surface area contributed by atoms with Gasteiger partial charge in [0, 0.05) is 5.56 Å². The van der Waals surface area contributed by atoms with E-state index in [-0.39, 0.29) is 11.5 Å². The maximum absolute atomic E-state index is 12.8. The molecule has 2 fully saturated rings. The average Bonchev–Trinajstić information content (AvgIpc) is 2.93. The number of carbonyl (C=O) groups is 4. The zero-order valence-electron chi connectivity index (χ0n) is 16.3. The second-order valence-electron chi connectivity index (χ2n) is 7.60. The lowest BCUT2D eigenvalue weighted by molar-refractivity contribution is -0.147. The summed E-state index contributed by atoms with van der Waals surface area (Å²) in [5.41, 5.74) is -2.28. The van der Waals surface area contributed by atoms with E-state index in [1.807, 2.05) is 6.92 Å². The minimum Gasteiger partial charge on any atom is -0.456 e. The van der Waals surface area contributed by atoms with E-state index in [0.29, 0.717) is 12.5 Å². The Hall–Kier alpha value is -2.91. The molecule has 30 heavy (non-hydrogen) atoms. The number of nitrogens with zero attached hydrogens (tertiary/aromatic N) is 1. The summed E-state index contributed by atoms with van der Waals surface area (Å²) in [6.45, 7) is 0.396. The molecule has 1 saturated heterocycles. The summed E-state index contributed by atoms with van der Waals surface area (Å²) in [4.78, 5) is 49.9. The number of ether oxygens (including phenoxy) is 1. The number of alkyl halides is 3. The van der Waals surface area contributed by atoms with Gasteiger partial charge in [0.1, 0.15) is 12.1 Å². The minimum atomic E-state index is -4.61. The molecule has 1 aromatic rings. The summed E-state index contributed by atoms with van der Waals surface area (Å²) < 4.78 is 43.1. The molecule has 2 atom stereocenters. The maximum atomic E-state index is 12.8. The van der Waals surface area contributed by atoms with Crippen molar-refractivity contribution in [2.24, 2.45) is 5.92 Å². The van der Waals surface area contributed by atoms with Gasteiger partial charge in [-0.3, -0.25) is 19.3 Å². The van der Waals surface area contributed by atoms with E-state index >= 15 is 0 Å². The third-order valence-electron chi connectivity index (χ3n) is 5.66. The topological polar surface area (TPSA) is 92.8 Å². The molecule has 2 aliphatic rings. The molecular weight excluding hydrogens is 405 g/mol. The highest BCUT2D eigenvalue weighted by molar-refractivity contribution is 6.09. The van der Waals surface area contributed by atoms with Gasteiger partial charge < -0.3 is 10.1 Å². The SMILES string of the molecule is CC1CCCCC12NC(=O)N(CC(=O)OCC(=O)c1cccc(C(F)(F)F)c1)C2=O. The molecule has 162 valence electrons. The second-order valence-corrected chi connectivity index (χ2v) is 7.60. The van der Waals surface area contributed by atoms with Crippen LogP contribution in [0.4, 0.5) is 18.0 Å². The second kappa shape index (κ2) is 8.08. The van der Waals surface area contributed by atoms with Crippen molar-refractivity contribution in [1.82, 2.24) is 10.2 Å². The highest BCUT2D eigenvalue weighted by Crippen LogP contribution is 2.38. The van der Waals surface area contributed by atoms with E-state index in [0.717, 1.165) is 36.3 Å². The number of esters is 1. The van der Waals surface area contributed by atoms with Crippen LogP contribution < -0.4 is 5.32 Å². The first kappa shape index (κ1) is 21.8. The van der Waals surface area contributed by atoms with Gasteiger partial charge in [-0.1, -0.05) is 31.9 Å². The van der Waals surface area contributed by atoms with E-state index in [9.17, 15) is 32.3 Å². The van der Waals surface area contributed by atoms with Gasteiger partial charge in [-0.25, -0.2) is 4.79 Å². The van der Waals surface area contributed by atoms with Crippen LogP contribution in [-0.4, -0.2) is 47.3 Å². The molecule has 3 rings (SSSR count). The third-order valence-corrected chi connectivity index (χ3v) is 5.66. The Labute approximate surface area is 170 Å². The predicted octanol–water partition coefficient (Wildman–Crippen LogP) is 2.93. The Bertz CT molecular complexity index is 885. The monoisotopic (exact) mass is 426 g/mol. The third kappa shape index (κ3) is 4.17. The fourth-order valence-electron chi connectivity index (χ4n) is 3.91. The van der Waals surface area contributed by atoms with Gasteiger partial charge in [-0.05, 0) is 30.9 Å². The number of benzene rings is 1. The van der Waals surface area contributed by atoms with Crippen molar-refractivity contribution in [1.29, 1.82) is 0 Å². The number of ketones is 1. The highest BCUT2D eigenvalue weighted by atomic mass is 19.4. The molecule has 1 saturated carbocycles. The van der Waals surface area contributed by atoms with E-state index in [2.05, 4.69) is 5.32 Å². The van der Waals surface area contributed by atoms with E-state index in [1.165, 1.54) is 6.07 Å². The van der Waals surface area contributed by atoms with Crippen molar-refractivity contribution in [3.63, 3.8) is 0 Å². The lowest BCUT2D eigenvalue weighted by Crippen LogP contribution is -2.54. The normalized spacial score (nSPS) is 24.1. The van der Waals surface area contributed by atoms with Crippen molar-refractivity contribution in [3.8, 4) is 0 Å². The van der Waals surface area contributed by atoms with Crippen LogP contribution in [0.25, 0.3) is 0 Å².